The second kappa shape index (κ2) is 3.67. The molecule has 3 nitrogen and oxygen atoms in total. The highest BCUT2D eigenvalue weighted by molar-refractivity contribution is 5.30. The zero-order valence-corrected chi connectivity index (χ0v) is 7.91. The van der Waals surface area contributed by atoms with Crippen LogP contribution in [0.4, 0.5) is 19.1 Å². The van der Waals surface area contributed by atoms with Gasteiger partial charge in [-0.1, -0.05) is 0 Å². The van der Waals surface area contributed by atoms with Crippen LogP contribution in [-0.4, -0.2) is 29.2 Å². The topological polar surface area (TPSA) is 29.0 Å². The molecular weight excluding hydrogens is 207 g/mol. The van der Waals surface area contributed by atoms with Gasteiger partial charge in [-0.15, -0.1) is 0 Å². The maximum Gasteiger partial charge on any atom is 0.393 e. The number of hydrogen-bond donors (Lipinski definition) is 0. The minimum Gasteiger partial charge on any atom is -0.340 e. The lowest BCUT2D eigenvalue weighted by Crippen LogP contribution is -2.28. The monoisotopic (exact) mass is 217 g/mol. The molecule has 0 spiro atoms. The fourth-order valence-electron chi connectivity index (χ4n) is 1.66. The molecule has 0 bridgehead atoms. The molecule has 0 aromatic carbocycles. The molecular formula is C9H10F3N3. The van der Waals surface area contributed by atoms with E-state index >= 15 is 0 Å². The molecule has 1 saturated heterocycles. The van der Waals surface area contributed by atoms with Crippen LogP contribution in [-0.2, 0) is 0 Å². The van der Waals surface area contributed by atoms with Crippen molar-refractivity contribution in [1.82, 2.24) is 9.97 Å². The number of alkyl halides is 3. The van der Waals surface area contributed by atoms with Gasteiger partial charge in [0.2, 0.25) is 5.95 Å². The smallest absolute Gasteiger partial charge is 0.340 e. The van der Waals surface area contributed by atoms with Crippen LogP contribution in [0.2, 0.25) is 0 Å². The van der Waals surface area contributed by atoms with Crippen molar-refractivity contribution in [2.45, 2.75) is 12.6 Å². The second-order valence-electron chi connectivity index (χ2n) is 3.52. The SMILES string of the molecule is FC(F)(F)C1CCN(c2ncccn2)C1. The minimum absolute atomic E-state index is 0.0342. The highest BCUT2D eigenvalue weighted by atomic mass is 19.4. The first kappa shape index (κ1) is 10.2. The van der Waals surface area contributed by atoms with Crippen LogP contribution in [0.1, 0.15) is 6.42 Å². The first-order valence-corrected chi connectivity index (χ1v) is 4.66. The Labute approximate surface area is 84.9 Å². The Balaban J connectivity index is 2.05. The molecule has 6 heteroatoms. The molecule has 82 valence electrons. The lowest BCUT2D eigenvalue weighted by Gasteiger charge is -2.17. The van der Waals surface area contributed by atoms with E-state index in [2.05, 4.69) is 9.97 Å². The molecule has 1 fully saturated rings. The van der Waals surface area contributed by atoms with Crippen molar-refractivity contribution >= 4 is 5.95 Å². The third kappa shape index (κ3) is 2.19. The van der Waals surface area contributed by atoms with Crippen molar-refractivity contribution in [1.29, 1.82) is 0 Å². The number of halogens is 3. The van der Waals surface area contributed by atoms with E-state index in [0.717, 1.165) is 0 Å². The van der Waals surface area contributed by atoms with Gasteiger partial charge in [0.15, 0.2) is 0 Å². The Morgan fingerprint density at radius 3 is 2.47 bits per heavy atom. The quantitative estimate of drug-likeness (QED) is 0.719. The van der Waals surface area contributed by atoms with E-state index in [1.54, 1.807) is 11.0 Å². The summed E-state index contributed by atoms with van der Waals surface area (Å²) < 4.78 is 37.1. The van der Waals surface area contributed by atoms with E-state index < -0.39 is 12.1 Å². The zero-order valence-electron chi connectivity index (χ0n) is 7.91. The molecule has 2 rings (SSSR count). The summed E-state index contributed by atoms with van der Waals surface area (Å²) in [6, 6.07) is 1.64. The summed E-state index contributed by atoms with van der Waals surface area (Å²) in [5.41, 5.74) is 0. The van der Waals surface area contributed by atoms with Gasteiger partial charge >= 0.3 is 6.18 Å². The predicted octanol–water partition coefficient (Wildman–Crippen LogP) is 1.87. The number of nitrogens with zero attached hydrogens (tertiary/aromatic N) is 3. The molecule has 1 aliphatic heterocycles. The Morgan fingerprint density at radius 2 is 1.93 bits per heavy atom. The van der Waals surface area contributed by atoms with E-state index in [-0.39, 0.29) is 13.0 Å². The van der Waals surface area contributed by atoms with Crippen molar-refractivity contribution in [2.75, 3.05) is 18.0 Å². The Morgan fingerprint density at radius 1 is 1.27 bits per heavy atom. The number of rotatable bonds is 1. The van der Waals surface area contributed by atoms with Gasteiger partial charge in [-0.3, -0.25) is 0 Å². The molecule has 1 aliphatic rings. The highest BCUT2D eigenvalue weighted by Gasteiger charge is 2.44. The Kier molecular flexibility index (Phi) is 2.50. The van der Waals surface area contributed by atoms with E-state index in [1.165, 1.54) is 12.4 Å². The number of aromatic nitrogens is 2. The summed E-state index contributed by atoms with van der Waals surface area (Å²) in [5, 5.41) is 0. The normalized spacial score (nSPS) is 22.1. The van der Waals surface area contributed by atoms with Gasteiger partial charge < -0.3 is 4.90 Å². The molecule has 0 saturated carbocycles. The molecule has 1 unspecified atom stereocenters. The van der Waals surface area contributed by atoms with Crippen LogP contribution in [0.15, 0.2) is 18.5 Å². The first-order chi connectivity index (χ1) is 7.07. The maximum absolute atomic E-state index is 12.4. The van der Waals surface area contributed by atoms with Crippen molar-refractivity contribution in [3.63, 3.8) is 0 Å². The van der Waals surface area contributed by atoms with E-state index in [0.29, 0.717) is 12.5 Å². The molecule has 0 N–H and O–H groups in total. The van der Waals surface area contributed by atoms with Crippen LogP contribution < -0.4 is 4.90 Å². The molecule has 2 heterocycles. The van der Waals surface area contributed by atoms with Gasteiger partial charge in [0.25, 0.3) is 0 Å². The van der Waals surface area contributed by atoms with Crippen LogP contribution in [0.25, 0.3) is 0 Å². The zero-order chi connectivity index (χ0) is 10.9. The van der Waals surface area contributed by atoms with Crippen LogP contribution in [0.5, 0.6) is 0 Å². The lowest BCUT2D eigenvalue weighted by molar-refractivity contribution is -0.168. The van der Waals surface area contributed by atoms with Gasteiger partial charge in [0, 0.05) is 25.5 Å². The molecule has 15 heavy (non-hydrogen) atoms. The maximum atomic E-state index is 12.4. The lowest BCUT2D eigenvalue weighted by atomic mass is 10.1. The van der Waals surface area contributed by atoms with Gasteiger partial charge in [-0.05, 0) is 12.5 Å². The van der Waals surface area contributed by atoms with Gasteiger partial charge in [-0.25, -0.2) is 9.97 Å². The molecule has 0 radical (unpaired) electrons. The summed E-state index contributed by atoms with van der Waals surface area (Å²) >= 11 is 0. The van der Waals surface area contributed by atoms with Crippen LogP contribution in [0, 0.1) is 5.92 Å². The summed E-state index contributed by atoms with van der Waals surface area (Å²) in [4.78, 5) is 9.42. The standard InChI is InChI=1S/C9H10F3N3/c10-9(11,12)7-2-5-15(6-7)8-13-3-1-4-14-8/h1,3-4,7H,2,5-6H2. The largest absolute Gasteiger partial charge is 0.393 e. The molecule has 0 aliphatic carbocycles. The average molecular weight is 217 g/mol. The van der Waals surface area contributed by atoms with E-state index in [9.17, 15) is 13.2 Å². The number of anilines is 1. The third-order valence-electron chi connectivity index (χ3n) is 2.49. The van der Waals surface area contributed by atoms with Crippen LogP contribution >= 0.6 is 0 Å². The summed E-state index contributed by atoms with van der Waals surface area (Å²) in [5.74, 6) is -0.870. The third-order valence-corrected chi connectivity index (χ3v) is 2.49. The molecule has 0 amide bonds. The van der Waals surface area contributed by atoms with Gasteiger partial charge in [0.05, 0.1) is 5.92 Å². The van der Waals surface area contributed by atoms with Gasteiger partial charge in [0.1, 0.15) is 0 Å². The summed E-state index contributed by atoms with van der Waals surface area (Å²) in [6.07, 6.45) is -0.919. The van der Waals surface area contributed by atoms with Crippen molar-refractivity contribution in [3.8, 4) is 0 Å². The fraction of sp³-hybridized carbons (Fsp3) is 0.556. The Bertz CT molecular complexity index is 325. The second-order valence-corrected chi connectivity index (χ2v) is 3.52. The van der Waals surface area contributed by atoms with Crippen molar-refractivity contribution in [2.24, 2.45) is 5.92 Å². The van der Waals surface area contributed by atoms with Crippen LogP contribution in [0.3, 0.4) is 0 Å². The molecule has 1 aromatic heterocycles. The molecule has 1 atom stereocenters. The fourth-order valence-corrected chi connectivity index (χ4v) is 1.66. The summed E-state index contributed by atoms with van der Waals surface area (Å²) in [7, 11) is 0. The Hall–Kier alpha value is -1.33. The average Bonchev–Trinajstić information content (AvgIpc) is 2.67. The van der Waals surface area contributed by atoms with Gasteiger partial charge in [-0.2, -0.15) is 13.2 Å². The van der Waals surface area contributed by atoms with Crippen molar-refractivity contribution < 1.29 is 13.2 Å². The minimum atomic E-state index is -4.11. The van der Waals surface area contributed by atoms with E-state index in [4.69, 9.17) is 0 Å². The van der Waals surface area contributed by atoms with Crippen molar-refractivity contribution in [3.05, 3.63) is 18.5 Å². The van der Waals surface area contributed by atoms with E-state index in [1.807, 2.05) is 0 Å². The highest BCUT2D eigenvalue weighted by Crippen LogP contribution is 2.34. The molecule has 1 aromatic rings. The summed E-state index contributed by atoms with van der Waals surface area (Å²) in [6.45, 7) is 0.335. The first-order valence-electron chi connectivity index (χ1n) is 4.66. The predicted molar refractivity (Wildman–Crippen MR) is 48.4 cm³/mol. The number of hydrogen-bond acceptors (Lipinski definition) is 3.